The average Bonchev–Trinajstić information content (AvgIpc) is 2.41. The lowest BCUT2D eigenvalue weighted by atomic mass is 9.92. The number of benzene rings is 1. The quantitative estimate of drug-likeness (QED) is 0.485. The summed E-state index contributed by atoms with van der Waals surface area (Å²) in [6.45, 7) is 0. The number of carbonyl (C=O) groups excluding carboxylic acids is 1. The van der Waals surface area contributed by atoms with Crippen LogP contribution in [0.5, 0.6) is 0 Å². The third-order valence-electron chi connectivity index (χ3n) is 2.89. The summed E-state index contributed by atoms with van der Waals surface area (Å²) in [5, 5.41) is 10.0. The van der Waals surface area contributed by atoms with Crippen molar-refractivity contribution in [2.45, 2.75) is 10.4 Å². The minimum absolute atomic E-state index is 0.000167. The maximum Gasteiger partial charge on any atom is 0.193 e. The first-order chi connectivity index (χ1) is 9.26. The molecule has 1 aromatic rings. The van der Waals surface area contributed by atoms with Gasteiger partial charge in [-0.05, 0) is 18.2 Å². The number of halogens is 4. The third-order valence-corrected chi connectivity index (χ3v) is 4.77. The summed E-state index contributed by atoms with van der Waals surface area (Å²) in [5.41, 5.74) is 6.17. The molecule has 2 rings (SSSR count). The molecule has 1 aromatic carbocycles. The van der Waals surface area contributed by atoms with Crippen molar-refractivity contribution in [2.24, 2.45) is 0 Å². The van der Waals surface area contributed by atoms with Crippen LogP contribution in [0, 0.1) is 0 Å². The number of nitrogen functional groups attached to an aromatic ring is 1. The average molecular weight is 353 g/mol. The van der Waals surface area contributed by atoms with E-state index in [1.165, 1.54) is 12.1 Å². The molecule has 1 unspecified atom stereocenters. The molecule has 0 spiro atoms. The highest BCUT2D eigenvalue weighted by Gasteiger charge is 2.45. The molecule has 1 aliphatic rings. The van der Waals surface area contributed by atoms with Gasteiger partial charge in [-0.2, -0.15) is 0 Å². The summed E-state index contributed by atoms with van der Waals surface area (Å²) in [5.74, 6) is -0.511. The number of aliphatic hydroxyl groups excluding tert-OH is 1. The van der Waals surface area contributed by atoms with Gasteiger partial charge in [-0.1, -0.05) is 58.5 Å². The third kappa shape index (κ3) is 2.57. The Morgan fingerprint density at radius 2 is 1.85 bits per heavy atom. The number of para-hydroxylation sites is 1. The zero-order chi connectivity index (χ0) is 15.1. The fourth-order valence-electron chi connectivity index (χ4n) is 1.80. The van der Waals surface area contributed by atoms with Crippen molar-refractivity contribution >= 4 is 57.9 Å². The topological polar surface area (TPSA) is 63.3 Å². The van der Waals surface area contributed by atoms with Crippen molar-refractivity contribution < 1.29 is 9.90 Å². The summed E-state index contributed by atoms with van der Waals surface area (Å²) < 4.78 is -1.87. The fraction of sp³-hybridized carbons (Fsp3) is 0.154. The highest BCUT2D eigenvalue weighted by atomic mass is 35.5. The van der Waals surface area contributed by atoms with Gasteiger partial charge in [0.1, 0.15) is 6.10 Å². The second-order valence-corrected chi connectivity index (χ2v) is 6.37. The number of hydrogen-bond donors (Lipinski definition) is 2. The van der Waals surface area contributed by atoms with Crippen LogP contribution in [0.1, 0.15) is 10.4 Å². The Hall–Kier alpha value is -0.710. The Balaban J connectivity index is 2.51. The Morgan fingerprint density at radius 1 is 1.25 bits per heavy atom. The number of nitrogens with two attached hydrogens (primary N) is 1. The Morgan fingerprint density at radius 3 is 2.45 bits per heavy atom. The minimum atomic E-state index is -1.87. The van der Waals surface area contributed by atoms with Gasteiger partial charge in [-0.15, -0.1) is 0 Å². The first kappa shape index (κ1) is 15.7. The van der Waals surface area contributed by atoms with Crippen molar-refractivity contribution in [1.82, 2.24) is 0 Å². The molecule has 20 heavy (non-hydrogen) atoms. The first-order valence-corrected chi connectivity index (χ1v) is 7.00. The van der Waals surface area contributed by atoms with E-state index in [4.69, 9.17) is 52.1 Å². The van der Waals surface area contributed by atoms with Crippen LogP contribution in [0.3, 0.4) is 0 Å². The lowest BCUT2D eigenvalue weighted by molar-refractivity contribution is 0.0983. The number of alkyl halides is 2. The molecule has 3 N–H and O–H groups in total. The SMILES string of the molecule is Nc1ccccc1C(=O)C1=CC(Cl)=C(Cl)C(Cl)(Cl)C1O. The van der Waals surface area contributed by atoms with E-state index in [0.717, 1.165) is 0 Å². The zero-order valence-electron chi connectivity index (χ0n) is 9.91. The molecule has 106 valence electrons. The van der Waals surface area contributed by atoms with Crippen LogP contribution in [0.4, 0.5) is 5.69 Å². The van der Waals surface area contributed by atoms with Crippen LogP contribution < -0.4 is 5.73 Å². The van der Waals surface area contributed by atoms with E-state index >= 15 is 0 Å². The largest absolute Gasteiger partial charge is 0.398 e. The van der Waals surface area contributed by atoms with Crippen molar-refractivity contribution in [3.63, 3.8) is 0 Å². The molecule has 0 fully saturated rings. The number of anilines is 1. The Kier molecular flexibility index (Phi) is 4.38. The van der Waals surface area contributed by atoms with Crippen molar-refractivity contribution in [1.29, 1.82) is 0 Å². The summed E-state index contributed by atoms with van der Waals surface area (Å²) in [7, 11) is 0. The van der Waals surface area contributed by atoms with Gasteiger partial charge in [0.25, 0.3) is 0 Å². The predicted molar refractivity (Wildman–Crippen MR) is 82.4 cm³/mol. The predicted octanol–water partition coefficient (Wildman–Crippen LogP) is 3.62. The lowest BCUT2D eigenvalue weighted by Gasteiger charge is -2.30. The molecule has 3 nitrogen and oxygen atoms in total. The van der Waals surface area contributed by atoms with Crippen LogP contribution in [-0.4, -0.2) is 21.3 Å². The van der Waals surface area contributed by atoms with Gasteiger partial charge in [-0.25, -0.2) is 0 Å². The molecule has 0 saturated carbocycles. The van der Waals surface area contributed by atoms with E-state index < -0.39 is 16.2 Å². The lowest BCUT2D eigenvalue weighted by Crippen LogP contribution is -2.38. The Bertz CT molecular complexity index is 637. The molecule has 7 heteroatoms. The zero-order valence-corrected chi connectivity index (χ0v) is 12.9. The molecule has 0 aromatic heterocycles. The summed E-state index contributed by atoms with van der Waals surface area (Å²) in [6.07, 6.45) is -0.264. The van der Waals surface area contributed by atoms with Crippen LogP contribution in [-0.2, 0) is 0 Å². The molecule has 0 bridgehead atoms. The number of aliphatic hydroxyl groups is 1. The number of hydrogen-bond acceptors (Lipinski definition) is 3. The maximum atomic E-state index is 12.4. The van der Waals surface area contributed by atoms with Gasteiger partial charge in [0.15, 0.2) is 10.1 Å². The van der Waals surface area contributed by atoms with Gasteiger partial charge in [0.05, 0.1) is 10.1 Å². The van der Waals surface area contributed by atoms with Gasteiger partial charge in [0, 0.05) is 16.8 Å². The highest BCUT2D eigenvalue weighted by molar-refractivity contribution is 6.59. The van der Waals surface area contributed by atoms with E-state index in [1.807, 2.05) is 0 Å². The molecule has 0 radical (unpaired) electrons. The monoisotopic (exact) mass is 351 g/mol. The summed E-state index contributed by atoms with van der Waals surface area (Å²) >= 11 is 23.6. The number of allylic oxidation sites excluding steroid dienone is 2. The van der Waals surface area contributed by atoms with Crippen molar-refractivity contribution in [3.05, 3.63) is 51.5 Å². The van der Waals surface area contributed by atoms with E-state index in [2.05, 4.69) is 0 Å². The molecular weight excluding hydrogens is 344 g/mol. The molecule has 1 aliphatic carbocycles. The van der Waals surface area contributed by atoms with E-state index in [1.54, 1.807) is 18.2 Å². The second kappa shape index (κ2) is 5.58. The molecule has 0 aliphatic heterocycles. The highest BCUT2D eigenvalue weighted by Crippen LogP contribution is 2.45. The second-order valence-electron chi connectivity index (χ2n) is 4.20. The van der Waals surface area contributed by atoms with Gasteiger partial charge >= 0.3 is 0 Å². The number of carbonyl (C=O) groups is 1. The normalized spacial score (nSPS) is 21.6. The smallest absolute Gasteiger partial charge is 0.193 e. The van der Waals surface area contributed by atoms with Crippen LogP contribution in [0.15, 0.2) is 46.0 Å². The van der Waals surface area contributed by atoms with Crippen LogP contribution >= 0.6 is 46.4 Å². The number of Topliss-reactive ketones (excluding diaryl/α,β-unsaturated/α-hetero) is 1. The first-order valence-electron chi connectivity index (χ1n) is 5.49. The molecule has 0 heterocycles. The van der Waals surface area contributed by atoms with E-state index in [-0.39, 0.29) is 26.9 Å². The van der Waals surface area contributed by atoms with Gasteiger partial charge in [-0.3, -0.25) is 4.79 Å². The van der Waals surface area contributed by atoms with Gasteiger partial charge in [0.2, 0.25) is 0 Å². The Labute approximate surface area is 135 Å². The molecule has 0 amide bonds. The molecule has 1 atom stereocenters. The summed E-state index contributed by atoms with van der Waals surface area (Å²) in [4.78, 5) is 12.4. The van der Waals surface area contributed by atoms with Gasteiger partial charge < -0.3 is 10.8 Å². The fourth-order valence-corrected chi connectivity index (χ4v) is 2.76. The van der Waals surface area contributed by atoms with Crippen molar-refractivity contribution in [2.75, 3.05) is 5.73 Å². The molecule has 0 saturated heterocycles. The number of ketones is 1. The molecular formula is C13H9Cl4NO2. The van der Waals surface area contributed by atoms with E-state index in [0.29, 0.717) is 0 Å². The van der Waals surface area contributed by atoms with Crippen LogP contribution in [0.25, 0.3) is 0 Å². The summed E-state index contributed by atoms with van der Waals surface area (Å²) in [6, 6.07) is 6.44. The number of rotatable bonds is 2. The minimum Gasteiger partial charge on any atom is -0.398 e. The standard InChI is InChI=1S/C13H9Cl4NO2/c14-8-5-7(12(20)13(16,17)11(8)15)10(19)6-3-1-2-4-9(6)18/h1-5,12,20H,18H2. The maximum absolute atomic E-state index is 12.4. The van der Waals surface area contributed by atoms with Crippen LogP contribution in [0.2, 0.25) is 0 Å². The van der Waals surface area contributed by atoms with Crippen molar-refractivity contribution in [3.8, 4) is 0 Å². The van der Waals surface area contributed by atoms with E-state index in [9.17, 15) is 9.90 Å².